The van der Waals surface area contributed by atoms with Crippen molar-refractivity contribution in [3.05, 3.63) is 18.0 Å². The van der Waals surface area contributed by atoms with E-state index in [0.29, 0.717) is 25.6 Å². The van der Waals surface area contributed by atoms with Crippen LogP contribution in [0.4, 0.5) is 0 Å². The molecule has 18 heavy (non-hydrogen) atoms. The number of piperidine rings is 1. The average molecular weight is 273 g/mol. The van der Waals surface area contributed by atoms with Crippen LogP contribution in [0.3, 0.4) is 0 Å². The molecule has 1 aliphatic rings. The minimum atomic E-state index is -3.09. The van der Waals surface area contributed by atoms with Crippen LogP contribution < -0.4 is 0 Å². The monoisotopic (exact) mass is 273 g/mol. The molecule has 0 bridgehead atoms. The summed E-state index contributed by atoms with van der Waals surface area (Å²) in [6.45, 7) is 1.87. The maximum absolute atomic E-state index is 11.5. The fourth-order valence-electron chi connectivity index (χ4n) is 2.33. The van der Waals surface area contributed by atoms with Crippen LogP contribution in [0, 0.1) is 5.92 Å². The standard InChI is InChI=1S/C11H19N3O3S/c1-18(16,17)14-4-2-3-10(8-14)6-13-7-11(9-15)5-12-13/h5,7,10,15H,2-4,6,8-9H2,1H3. The predicted molar refractivity (Wildman–Crippen MR) is 67.3 cm³/mol. The van der Waals surface area contributed by atoms with Gasteiger partial charge < -0.3 is 5.11 Å². The molecule has 1 saturated heterocycles. The molecule has 0 amide bonds. The molecule has 1 unspecified atom stereocenters. The fraction of sp³-hybridized carbons (Fsp3) is 0.727. The van der Waals surface area contributed by atoms with E-state index >= 15 is 0 Å². The van der Waals surface area contributed by atoms with Gasteiger partial charge in [0.15, 0.2) is 0 Å². The highest BCUT2D eigenvalue weighted by Gasteiger charge is 2.26. The van der Waals surface area contributed by atoms with E-state index in [-0.39, 0.29) is 6.61 Å². The van der Waals surface area contributed by atoms with Crippen LogP contribution in [0.25, 0.3) is 0 Å². The molecule has 6 nitrogen and oxygen atoms in total. The van der Waals surface area contributed by atoms with Crippen molar-refractivity contribution in [2.75, 3.05) is 19.3 Å². The first-order valence-electron chi connectivity index (χ1n) is 6.06. The van der Waals surface area contributed by atoms with Gasteiger partial charge in [0.05, 0.1) is 19.1 Å². The van der Waals surface area contributed by atoms with Crippen LogP contribution in [0.1, 0.15) is 18.4 Å². The Bertz CT molecular complexity index is 497. The molecule has 2 rings (SSSR count). The average Bonchev–Trinajstić information content (AvgIpc) is 2.76. The fourth-order valence-corrected chi connectivity index (χ4v) is 3.27. The molecule has 1 atom stereocenters. The molecule has 0 saturated carbocycles. The first-order valence-corrected chi connectivity index (χ1v) is 7.91. The van der Waals surface area contributed by atoms with Crippen molar-refractivity contribution < 1.29 is 13.5 Å². The normalized spacial score (nSPS) is 22.2. The maximum Gasteiger partial charge on any atom is 0.211 e. The number of sulfonamides is 1. The quantitative estimate of drug-likeness (QED) is 0.841. The van der Waals surface area contributed by atoms with Crippen LogP contribution >= 0.6 is 0 Å². The van der Waals surface area contributed by atoms with Crippen molar-refractivity contribution in [2.45, 2.75) is 26.0 Å². The molecule has 0 aromatic carbocycles. The maximum atomic E-state index is 11.5. The second kappa shape index (κ2) is 5.38. The lowest BCUT2D eigenvalue weighted by molar-refractivity contribution is 0.240. The summed E-state index contributed by atoms with van der Waals surface area (Å²) in [5, 5.41) is 13.1. The van der Waals surface area contributed by atoms with Crippen LogP contribution in [-0.2, 0) is 23.2 Å². The molecule has 102 valence electrons. The van der Waals surface area contributed by atoms with E-state index in [2.05, 4.69) is 5.10 Å². The van der Waals surface area contributed by atoms with Gasteiger partial charge in [-0.3, -0.25) is 4.68 Å². The van der Waals surface area contributed by atoms with E-state index in [4.69, 9.17) is 5.11 Å². The summed E-state index contributed by atoms with van der Waals surface area (Å²) in [5.74, 6) is 0.292. The predicted octanol–water partition coefficient (Wildman–Crippen LogP) is 0.0470. The lowest BCUT2D eigenvalue weighted by Crippen LogP contribution is -2.40. The molecule has 0 aliphatic carbocycles. The number of aliphatic hydroxyl groups excluding tert-OH is 1. The second-order valence-corrected chi connectivity index (χ2v) is 6.84. The van der Waals surface area contributed by atoms with Gasteiger partial charge in [-0.25, -0.2) is 12.7 Å². The zero-order valence-electron chi connectivity index (χ0n) is 10.5. The number of hydrogen-bond donors (Lipinski definition) is 1. The van der Waals surface area contributed by atoms with E-state index in [9.17, 15) is 8.42 Å². The van der Waals surface area contributed by atoms with Gasteiger partial charge in [0.2, 0.25) is 10.0 Å². The third-order valence-electron chi connectivity index (χ3n) is 3.27. The molecular weight excluding hydrogens is 254 g/mol. The van der Waals surface area contributed by atoms with Gasteiger partial charge in [-0.1, -0.05) is 0 Å². The number of nitrogens with zero attached hydrogens (tertiary/aromatic N) is 3. The summed E-state index contributed by atoms with van der Waals surface area (Å²) in [5.41, 5.74) is 0.783. The van der Waals surface area contributed by atoms with Crippen molar-refractivity contribution in [2.24, 2.45) is 5.92 Å². The molecule has 2 heterocycles. The number of aromatic nitrogens is 2. The van der Waals surface area contributed by atoms with Gasteiger partial charge in [0.25, 0.3) is 0 Å². The molecule has 0 spiro atoms. The molecule has 1 aliphatic heterocycles. The van der Waals surface area contributed by atoms with Gasteiger partial charge in [-0.15, -0.1) is 0 Å². The SMILES string of the molecule is CS(=O)(=O)N1CCCC(Cn2cc(CO)cn2)C1. The Labute approximate surface area is 107 Å². The summed E-state index contributed by atoms with van der Waals surface area (Å²) in [6, 6.07) is 0. The smallest absolute Gasteiger partial charge is 0.211 e. The molecule has 1 aromatic rings. The van der Waals surface area contributed by atoms with Crippen molar-refractivity contribution in [3.63, 3.8) is 0 Å². The Morgan fingerprint density at radius 3 is 2.94 bits per heavy atom. The van der Waals surface area contributed by atoms with Gasteiger partial charge in [0.1, 0.15) is 0 Å². The number of hydrogen-bond acceptors (Lipinski definition) is 4. The van der Waals surface area contributed by atoms with Gasteiger partial charge in [0, 0.05) is 31.4 Å². The third kappa shape index (κ3) is 3.30. The minimum absolute atomic E-state index is 0.0138. The van der Waals surface area contributed by atoms with E-state index in [0.717, 1.165) is 18.4 Å². The second-order valence-electron chi connectivity index (χ2n) is 4.86. The van der Waals surface area contributed by atoms with E-state index in [1.165, 1.54) is 10.6 Å². The minimum Gasteiger partial charge on any atom is -0.392 e. The van der Waals surface area contributed by atoms with Gasteiger partial charge in [-0.05, 0) is 18.8 Å². The van der Waals surface area contributed by atoms with E-state index < -0.39 is 10.0 Å². The van der Waals surface area contributed by atoms with Crippen LogP contribution in [0.15, 0.2) is 12.4 Å². The number of rotatable bonds is 4. The summed E-state index contributed by atoms with van der Waals surface area (Å²) in [4.78, 5) is 0. The van der Waals surface area contributed by atoms with E-state index in [1.54, 1.807) is 17.1 Å². The highest BCUT2D eigenvalue weighted by Crippen LogP contribution is 2.20. The Morgan fingerprint density at radius 1 is 1.56 bits per heavy atom. The highest BCUT2D eigenvalue weighted by molar-refractivity contribution is 7.88. The van der Waals surface area contributed by atoms with E-state index in [1.807, 2.05) is 0 Å². The van der Waals surface area contributed by atoms with Crippen LogP contribution in [0.2, 0.25) is 0 Å². The first kappa shape index (κ1) is 13.5. The Hall–Kier alpha value is -0.920. The molecule has 1 aromatic heterocycles. The summed E-state index contributed by atoms with van der Waals surface area (Å²) in [6.07, 6.45) is 6.61. The largest absolute Gasteiger partial charge is 0.392 e. The van der Waals surface area contributed by atoms with Crippen LogP contribution in [0.5, 0.6) is 0 Å². The van der Waals surface area contributed by atoms with Crippen molar-refractivity contribution in [3.8, 4) is 0 Å². The Balaban J connectivity index is 1.97. The Kier molecular flexibility index (Phi) is 4.04. The van der Waals surface area contributed by atoms with Crippen molar-refractivity contribution in [1.29, 1.82) is 0 Å². The van der Waals surface area contributed by atoms with Gasteiger partial charge in [-0.2, -0.15) is 5.10 Å². The third-order valence-corrected chi connectivity index (χ3v) is 4.53. The van der Waals surface area contributed by atoms with Gasteiger partial charge >= 0.3 is 0 Å². The highest BCUT2D eigenvalue weighted by atomic mass is 32.2. The van der Waals surface area contributed by atoms with Crippen molar-refractivity contribution >= 4 is 10.0 Å². The number of aliphatic hydroxyl groups is 1. The Morgan fingerprint density at radius 2 is 2.33 bits per heavy atom. The molecule has 1 fully saturated rings. The molecule has 7 heteroatoms. The molecule has 0 radical (unpaired) electrons. The lowest BCUT2D eigenvalue weighted by Gasteiger charge is -2.30. The zero-order chi connectivity index (χ0) is 13.2. The lowest BCUT2D eigenvalue weighted by atomic mass is 10.00. The van der Waals surface area contributed by atoms with Crippen LogP contribution in [-0.4, -0.2) is 47.0 Å². The molecular formula is C11H19N3O3S. The first-order chi connectivity index (χ1) is 8.49. The summed E-state index contributed by atoms with van der Waals surface area (Å²) >= 11 is 0. The van der Waals surface area contributed by atoms with Crippen molar-refractivity contribution in [1.82, 2.24) is 14.1 Å². The topological polar surface area (TPSA) is 75.4 Å². The summed E-state index contributed by atoms with van der Waals surface area (Å²) < 4.78 is 26.3. The molecule has 1 N–H and O–H groups in total. The zero-order valence-corrected chi connectivity index (χ0v) is 11.3. The summed E-state index contributed by atoms with van der Waals surface area (Å²) in [7, 11) is -3.09.